The maximum atomic E-state index is 5.63. The van der Waals surface area contributed by atoms with Gasteiger partial charge in [-0.2, -0.15) is 5.10 Å². The quantitative estimate of drug-likeness (QED) is 0.597. The maximum absolute atomic E-state index is 5.63. The van der Waals surface area contributed by atoms with Crippen LogP contribution in [0, 0.1) is 0 Å². The largest absolute Gasteiger partial charge is 0.383 e. The van der Waals surface area contributed by atoms with E-state index in [2.05, 4.69) is 36.0 Å². The summed E-state index contributed by atoms with van der Waals surface area (Å²) in [5.41, 5.74) is 3.69. The summed E-state index contributed by atoms with van der Waals surface area (Å²) in [5.74, 6) is 5.63. The van der Waals surface area contributed by atoms with Gasteiger partial charge in [-0.15, -0.1) is 5.10 Å². The van der Waals surface area contributed by atoms with Crippen molar-refractivity contribution in [3.8, 4) is 0 Å². The topological polar surface area (TPSA) is 90.9 Å². The minimum Gasteiger partial charge on any atom is -0.383 e. The molecule has 9 heteroatoms. The average Bonchev–Trinajstić information content (AvgIpc) is 3.00. The van der Waals surface area contributed by atoms with Gasteiger partial charge in [0.1, 0.15) is 6.04 Å². The molecular weight excluding hydrogens is 320 g/mol. The normalized spacial score (nSPS) is 12.8. The molecule has 7 nitrogen and oxygen atoms in total. The van der Waals surface area contributed by atoms with Crippen molar-refractivity contribution in [1.29, 1.82) is 0 Å². The molecule has 0 aliphatic carbocycles. The molecule has 1 atom stereocenters. The van der Waals surface area contributed by atoms with Crippen LogP contribution in [0.3, 0.4) is 0 Å². The molecule has 98 valence electrons. The number of hydrazine groups is 1. The number of hydrogen-bond donors (Lipinski definition) is 2. The van der Waals surface area contributed by atoms with Gasteiger partial charge in [-0.3, -0.25) is 10.5 Å². The Morgan fingerprint density at radius 1 is 1.61 bits per heavy atom. The van der Waals surface area contributed by atoms with E-state index in [4.69, 9.17) is 10.6 Å². The fourth-order valence-corrected chi connectivity index (χ4v) is 2.71. The van der Waals surface area contributed by atoms with Crippen molar-refractivity contribution in [3.05, 3.63) is 27.4 Å². The lowest BCUT2D eigenvalue weighted by molar-refractivity contribution is 0.182. The summed E-state index contributed by atoms with van der Waals surface area (Å²) >= 11 is 4.78. The lowest BCUT2D eigenvalue weighted by atomic mass is 10.2. The van der Waals surface area contributed by atoms with Gasteiger partial charge in [-0.05, 0) is 27.5 Å². The third kappa shape index (κ3) is 2.75. The van der Waals surface area contributed by atoms with Gasteiger partial charge in [-0.1, -0.05) is 4.49 Å². The first kappa shape index (κ1) is 13.6. The van der Waals surface area contributed by atoms with Crippen LogP contribution < -0.4 is 11.3 Å². The summed E-state index contributed by atoms with van der Waals surface area (Å²) in [4.78, 5) is 0.928. The highest BCUT2D eigenvalue weighted by Gasteiger charge is 2.22. The number of methoxy groups -OCH3 is 1. The third-order valence-corrected chi connectivity index (χ3v) is 3.78. The summed E-state index contributed by atoms with van der Waals surface area (Å²) in [6, 6.07) is -0.196. The van der Waals surface area contributed by atoms with Crippen molar-refractivity contribution in [3.63, 3.8) is 0 Å². The molecule has 2 rings (SSSR count). The number of rotatable bonds is 6. The maximum Gasteiger partial charge on any atom is 0.101 e. The minimum absolute atomic E-state index is 0.196. The zero-order chi connectivity index (χ0) is 13.0. The van der Waals surface area contributed by atoms with Crippen LogP contribution in [0.4, 0.5) is 0 Å². The third-order valence-electron chi connectivity index (χ3n) is 2.44. The van der Waals surface area contributed by atoms with Gasteiger partial charge in [0.05, 0.1) is 40.6 Å². The Morgan fingerprint density at radius 3 is 3.06 bits per heavy atom. The molecule has 18 heavy (non-hydrogen) atoms. The number of aromatic nitrogens is 4. The van der Waals surface area contributed by atoms with Crippen LogP contribution in [0.1, 0.15) is 16.6 Å². The Labute approximate surface area is 117 Å². The van der Waals surface area contributed by atoms with E-state index in [1.807, 2.05) is 4.68 Å². The highest BCUT2D eigenvalue weighted by Crippen LogP contribution is 2.29. The Balaban J connectivity index is 2.32. The van der Waals surface area contributed by atoms with E-state index in [1.165, 1.54) is 11.5 Å². The van der Waals surface area contributed by atoms with Crippen LogP contribution in [-0.2, 0) is 11.3 Å². The molecule has 0 aliphatic rings. The number of nitrogens with two attached hydrogens (primary N) is 1. The first-order chi connectivity index (χ1) is 8.77. The summed E-state index contributed by atoms with van der Waals surface area (Å²) in [6.07, 6.45) is 3.43. The van der Waals surface area contributed by atoms with Crippen LogP contribution in [0.15, 0.2) is 16.9 Å². The minimum atomic E-state index is -0.196. The lowest BCUT2D eigenvalue weighted by Crippen LogP contribution is -2.30. The Kier molecular flexibility index (Phi) is 4.78. The van der Waals surface area contributed by atoms with Crippen LogP contribution in [0.25, 0.3) is 0 Å². The van der Waals surface area contributed by atoms with Gasteiger partial charge in [0.2, 0.25) is 0 Å². The molecule has 0 radical (unpaired) electrons. The molecule has 0 saturated heterocycles. The summed E-state index contributed by atoms with van der Waals surface area (Å²) in [5, 5.41) is 8.12. The number of halogens is 1. The highest BCUT2D eigenvalue weighted by atomic mass is 79.9. The van der Waals surface area contributed by atoms with E-state index in [0.717, 1.165) is 15.0 Å². The van der Waals surface area contributed by atoms with Gasteiger partial charge >= 0.3 is 0 Å². The molecule has 0 bridgehead atoms. The average molecular weight is 333 g/mol. The fraction of sp³-hybridized carbons (Fsp3) is 0.444. The highest BCUT2D eigenvalue weighted by molar-refractivity contribution is 9.10. The first-order valence-corrected chi connectivity index (χ1v) is 6.78. The Morgan fingerprint density at radius 2 is 2.44 bits per heavy atom. The summed E-state index contributed by atoms with van der Waals surface area (Å²) in [6.45, 7) is 1.24. The predicted octanol–water partition coefficient (Wildman–Crippen LogP) is 0.696. The molecule has 2 aromatic heterocycles. The molecule has 0 spiro atoms. The monoisotopic (exact) mass is 332 g/mol. The van der Waals surface area contributed by atoms with Crippen molar-refractivity contribution in [2.24, 2.45) is 5.84 Å². The summed E-state index contributed by atoms with van der Waals surface area (Å²) in [7, 11) is 1.66. The van der Waals surface area contributed by atoms with E-state index < -0.39 is 0 Å². The van der Waals surface area contributed by atoms with Gasteiger partial charge in [-0.25, -0.2) is 5.43 Å². The van der Waals surface area contributed by atoms with Crippen molar-refractivity contribution in [2.75, 3.05) is 13.7 Å². The van der Waals surface area contributed by atoms with Gasteiger partial charge in [0, 0.05) is 7.11 Å². The lowest BCUT2D eigenvalue weighted by Gasteiger charge is -2.16. The number of ether oxygens (including phenoxy) is 1. The molecule has 2 heterocycles. The molecule has 0 aliphatic heterocycles. The van der Waals surface area contributed by atoms with Crippen LogP contribution >= 0.6 is 27.5 Å². The predicted molar refractivity (Wildman–Crippen MR) is 70.9 cm³/mol. The molecule has 3 N–H and O–H groups in total. The zero-order valence-electron chi connectivity index (χ0n) is 9.71. The second kappa shape index (κ2) is 6.34. The van der Waals surface area contributed by atoms with E-state index in [0.29, 0.717) is 13.2 Å². The van der Waals surface area contributed by atoms with Crippen LogP contribution in [0.2, 0.25) is 0 Å². The Bertz CT molecular complexity index is 487. The van der Waals surface area contributed by atoms with E-state index in [9.17, 15) is 0 Å². The molecule has 0 saturated carbocycles. The molecule has 2 aromatic rings. The second-order valence-corrected chi connectivity index (χ2v) is 5.18. The van der Waals surface area contributed by atoms with E-state index in [1.54, 1.807) is 19.5 Å². The number of nitrogens with one attached hydrogen (secondary N) is 1. The Hall–Kier alpha value is -0.870. The van der Waals surface area contributed by atoms with Crippen molar-refractivity contribution < 1.29 is 4.74 Å². The van der Waals surface area contributed by atoms with Gasteiger partial charge < -0.3 is 4.74 Å². The molecular formula is C9H13BrN6OS. The van der Waals surface area contributed by atoms with E-state index >= 15 is 0 Å². The number of nitrogens with zero attached hydrogens (tertiary/aromatic N) is 4. The standard InChI is InChI=1S/C9H13BrN6OS/c1-17-3-2-16-9(6(10)4-13-16)8(14-11)7-5-12-15-18-7/h4-5,8,14H,2-3,11H2,1H3. The zero-order valence-corrected chi connectivity index (χ0v) is 12.1. The molecule has 1 unspecified atom stereocenters. The van der Waals surface area contributed by atoms with Gasteiger partial charge in [0.25, 0.3) is 0 Å². The second-order valence-electron chi connectivity index (χ2n) is 3.51. The fourth-order valence-electron chi connectivity index (χ4n) is 1.61. The van der Waals surface area contributed by atoms with Crippen molar-refractivity contribution in [2.45, 2.75) is 12.6 Å². The van der Waals surface area contributed by atoms with Crippen LogP contribution in [0.5, 0.6) is 0 Å². The summed E-state index contributed by atoms with van der Waals surface area (Å²) < 4.78 is 11.6. The smallest absolute Gasteiger partial charge is 0.101 e. The molecule has 0 aromatic carbocycles. The SMILES string of the molecule is COCCn1ncc(Br)c1C(NN)c1cnns1. The number of hydrogen-bond acceptors (Lipinski definition) is 7. The van der Waals surface area contributed by atoms with Gasteiger partial charge in [0.15, 0.2) is 0 Å². The molecule has 0 fully saturated rings. The van der Waals surface area contributed by atoms with Crippen molar-refractivity contribution >= 4 is 27.5 Å². The van der Waals surface area contributed by atoms with E-state index in [-0.39, 0.29) is 6.04 Å². The first-order valence-electron chi connectivity index (χ1n) is 5.21. The molecule has 0 amide bonds. The van der Waals surface area contributed by atoms with Crippen LogP contribution in [-0.4, -0.2) is 33.1 Å². The van der Waals surface area contributed by atoms with Crippen molar-refractivity contribution in [1.82, 2.24) is 24.8 Å².